The van der Waals surface area contributed by atoms with E-state index in [2.05, 4.69) is 34.5 Å². The number of amides is 1. The summed E-state index contributed by atoms with van der Waals surface area (Å²) in [6, 6.07) is 14.4. The molecule has 2 aromatic carbocycles. The van der Waals surface area contributed by atoms with Crippen LogP contribution < -0.4 is 15.0 Å². The van der Waals surface area contributed by atoms with Gasteiger partial charge in [0.15, 0.2) is 6.10 Å². The molecule has 1 N–H and O–H groups in total. The number of hydrogen-bond acceptors (Lipinski definition) is 3. The Morgan fingerprint density at radius 1 is 1.07 bits per heavy atom. The quantitative estimate of drug-likeness (QED) is 0.825. The van der Waals surface area contributed by atoms with Crippen LogP contribution in [-0.4, -0.2) is 25.1 Å². The molecule has 144 valence electrons. The normalized spacial score (nSPS) is 15.3. The summed E-state index contributed by atoms with van der Waals surface area (Å²) >= 11 is 0. The molecule has 2 aromatic rings. The number of benzene rings is 2. The third-order valence-corrected chi connectivity index (χ3v) is 5.35. The van der Waals surface area contributed by atoms with Gasteiger partial charge in [0.05, 0.1) is 0 Å². The van der Waals surface area contributed by atoms with Gasteiger partial charge in [0.25, 0.3) is 5.91 Å². The molecular formula is C23H30N2O2. The summed E-state index contributed by atoms with van der Waals surface area (Å²) in [5, 5.41) is 2.97. The summed E-state index contributed by atoms with van der Waals surface area (Å²) in [7, 11) is 0. The Morgan fingerprint density at radius 2 is 1.78 bits per heavy atom. The lowest BCUT2D eigenvalue weighted by atomic mass is 10.1. The fourth-order valence-electron chi connectivity index (χ4n) is 3.41. The number of ether oxygens (including phenoxy) is 1. The minimum Gasteiger partial charge on any atom is -0.481 e. The van der Waals surface area contributed by atoms with E-state index in [0.717, 1.165) is 35.5 Å². The number of carbonyl (C=O) groups excluding carboxylic acids is 1. The van der Waals surface area contributed by atoms with Crippen molar-refractivity contribution in [3.63, 3.8) is 0 Å². The minimum atomic E-state index is -0.530. The highest BCUT2D eigenvalue weighted by atomic mass is 16.5. The summed E-state index contributed by atoms with van der Waals surface area (Å²) in [6.45, 7) is 8.64. The number of rotatable bonds is 6. The van der Waals surface area contributed by atoms with Gasteiger partial charge in [0.2, 0.25) is 0 Å². The number of piperidine rings is 1. The Labute approximate surface area is 162 Å². The summed E-state index contributed by atoms with van der Waals surface area (Å²) < 4.78 is 5.86. The summed E-state index contributed by atoms with van der Waals surface area (Å²) in [6.07, 6.45) is 3.35. The molecule has 4 heteroatoms. The second kappa shape index (κ2) is 8.94. The van der Waals surface area contributed by atoms with Gasteiger partial charge in [-0.15, -0.1) is 0 Å². The maximum Gasteiger partial charge on any atom is 0.261 e. The van der Waals surface area contributed by atoms with Gasteiger partial charge in [-0.25, -0.2) is 0 Å². The zero-order valence-electron chi connectivity index (χ0n) is 16.6. The van der Waals surface area contributed by atoms with E-state index in [4.69, 9.17) is 4.74 Å². The molecule has 0 radical (unpaired) electrons. The Balaban J connectivity index is 1.51. The summed E-state index contributed by atoms with van der Waals surface area (Å²) in [4.78, 5) is 14.8. The van der Waals surface area contributed by atoms with E-state index in [-0.39, 0.29) is 5.91 Å². The molecule has 1 amide bonds. The van der Waals surface area contributed by atoms with Crippen LogP contribution in [0.25, 0.3) is 0 Å². The standard InChI is InChI=1S/C23H30N2O2/c1-17-8-7-9-22(18(17)2)27-19(3)23(26)24-16-20-10-12-21(13-11-20)25-14-5-4-6-15-25/h7-13,19H,4-6,14-16H2,1-3H3,(H,24,26)/t19-/m1/s1. The molecule has 27 heavy (non-hydrogen) atoms. The van der Waals surface area contributed by atoms with Crippen molar-refractivity contribution in [1.82, 2.24) is 5.32 Å². The lowest BCUT2D eigenvalue weighted by Crippen LogP contribution is -2.36. The Bertz CT molecular complexity index is 764. The van der Waals surface area contributed by atoms with Crippen molar-refractivity contribution in [2.75, 3.05) is 18.0 Å². The van der Waals surface area contributed by atoms with Crippen molar-refractivity contribution in [1.29, 1.82) is 0 Å². The molecule has 1 heterocycles. The van der Waals surface area contributed by atoms with Crippen LogP contribution in [0.5, 0.6) is 5.75 Å². The predicted molar refractivity (Wildman–Crippen MR) is 110 cm³/mol. The van der Waals surface area contributed by atoms with Crippen molar-refractivity contribution in [2.45, 2.75) is 52.7 Å². The smallest absolute Gasteiger partial charge is 0.261 e. The van der Waals surface area contributed by atoms with E-state index in [0.29, 0.717) is 6.54 Å². The Morgan fingerprint density at radius 3 is 2.48 bits per heavy atom. The number of nitrogens with one attached hydrogen (secondary N) is 1. The molecule has 0 saturated carbocycles. The molecule has 1 atom stereocenters. The van der Waals surface area contributed by atoms with E-state index in [1.54, 1.807) is 6.92 Å². The minimum absolute atomic E-state index is 0.101. The van der Waals surface area contributed by atoms with E-state index in [9.17, 15) is 4.79 Å². The molecule has 1 aliphatic rings. The Hall–Kier alpha value is -2.49. The highest BCUT2D eigenvalue weighted by molar-refractivity contribution is 5.80. The first kappa shape index (κ1) is 19.3. The van der Waals surface area contributed by atoms with Gasteiger partial charge in [-0.1, -0.05) is 24.3 Å². The van der Waals surface area contributed by atoms with Crippen molar-refractivity contribution < 1.29 is 9.53 Å². The average Bonchev–Trinajstić information content (AvgIpc) is 2.70. The zero-order chi connectivity index (χ0) is 19.2. The molecule has 4 nitrogen and oxygen atoms in total. The van der Waals surface area contributed by atoms with Gasteiger partial charge < -0.3 is 15.0 Å². The zero-order valence-corrected chi connectivity index (χ0v) is 16.6. The maximum absolute atomic E-state index is 12.4. The monoisotopic (exact) mass is 366 g/mol. The first-order chi connectivity index (χ1) is 13.0. The number of hydrogen-bond donors (Lipinski definition) is 1. The van der Waals surface area contributed by atoms with Crippen LogP contribution in [0.15, 0.2) is 42.5 Å². The van der Waals surface area contributed by atoms with Gasteiger partial charge in [0.1, 0.15) is 5.75 Å². The van der Waals surface area contributed by atoms with Crippen molar-refractivity contribution in [3.05, 3.63) is 59.2 Å². The Kier molecular flexibility index (Phi) is 6.38. The lowest BCUT2D eigenvalue weighted by molar-refractivity contribution is -0.127. The van der Waals surface area contributed by atoms with Crippen LogP contribution in [0, 0.1) is 13.8 Å². The van der Waals surface area contributed by atoms with E-state index in [1.165, 1.54) is 24.9 Å². The van der Waals surface area contributed by atoms with Crippen LogP contribution in [0.2, 0.25) is 0 Å². The number of nitrogens with zero attached hydrogens (tertiary/aromatic N) is 1. The highest BCUT2D eigenvalue weighted by Gasteiger charge is 2.16. The summed E-state index contributed by atoms with van der Waals surface area (Å²) in [5.41, 5.74) is 4.61. The van der Waals surface area contributed by atoms with E-state index >= 15 is 0 Å². The van der Waals surface area contributed by atoms with Gasteiger partial charge in [-0.2, -0.15) is 0 Å². The van der Waals surface area contributed by atoms with Crippen molar-refractivity contribution in [3.8, 4) is 5.75 Å². The molecular weight excluding hydrogens is 336 g/mol. The van der Waals surface area contributed by atoms with Crippen molar-refractivity contribution in [2.24, 2.45) is 0 Å². The molecule has 0 unspecified atom stereocenters. The first-order valence-electron chi connectivity index (χ1n) is 9.89. The molecule has 1 fully saturated rings. The molecule has 1 saturated heterocycles. The van der Waals surface area contributed by atoms with Gasteiger partial charge in [-0.05, 0) is 74.9 Å². The lowest BCUT2D eigenvalue weighted by Gasteiger charge is -2.28. The molecule has 0 bridgehead atoms. The van der Waals surface area contributed by atoms with Gasteiger partial charge >= 0.3 is 0 Å². The van der Waals surface area contributed by atoms with Crippen molar-refractivity contribution >= 4 is 11.6 Å². The molecule has 1 aliphatic heterocycles. The number of carbonyl (C=O) groups is 1. The predicted octanol–water partition coefficient (Wildman–Crippen LogP) is 4.38. The van der Waals surface area contributed by atoms with E-state index < -0.39 is 6.10 Å². The second-order valence-electron chi connectivity index (χ2n) is 7.39. The number of aryl methyl sites for hydroxylation is 1. The highest BCUT2D eigenvalue weighted by Crippen LogP contribution is 2.22. The topological polar surface area (TPSA) is 41.6 Å². The largest absolute Gasteiger partial charge is 0.481 e. The van der Waals surface area contributed by atoms with Gasteiger partial charge in [0, 0.05) is 25.3 Å². The molecule has 0 aromatic heterocycles. The fourth-order valence-corrected chi connectivity index (χ4v) is 3.41. The van der Waals surface area contributed by atoms with Crippen LogP contribution in [-0.2, 0) is 11.3 Å². The third-order valence-electron chi connectivity index (χ3n) is 5.35. The van der Waals surface area contributed by atoms with Gasteiger partial charge in [-0.3, -0.25) is 4.79 Å². The van der Waals surface area contributed by atoms with Crippen LogP contribution in [0.3, 0.4) is 0 Å². The van der Waals surface area contributed by atoms with Crippen LogP contribution >= 0.6 is 0 Å². The first-order valence-corrected chi connectivity index (χ1v) is 9.89. The van der Waals surface area contributed by atoms with E-state index in [1.807, 2.05) is 32.0 Å². The third kappa shape index (κ3) is 5.03. The maximum atomic E-state index is 12.4. The molecule has 0 aliphatic carbocycles. The average molecular weight is 367 g/mol. The molecule has 3 rings (SSSR count). The van der Waals surface area contributed by atoms with Crippen LogP contribution in [0.1, 0.15) is 42.9 Å². The second-order valence-corrected chi connectivity index (χ2v) is 7.39. The fraction of sp³-hybridized carbons (Fsp3) is 0.435. The summed E-state index contributed by atoms with van der Waals surface area (Å²) in [5.74, 6) is 0.666. The number of anilines is 1. The molecule has 0 spiro atoms. The SMILES string of the molecule is Cc1cccc(O[C@H](C)C(=O)NCc2ccc(N3CCCCC3)cc2)c1C. The van der Waals surface area contributed by atoms with Crippen LogP contribution in [0.4, 0.5) is 5.69 Å².